The number of hydrogen-bond acceptors (Lipinski definition) is 4. The molecule has 4 nitrogen and oxygen atoms in total. The van der Waals surface area contributed by atoms with Crippen LogP contribution in [0.15, 0.2) is 24.3 Å². The van der Waals surface area contributed by atoms with Crippen LogP contribution in [-0.2, 0) is 11.2 Å². The monoisotopic (exact) mass is 318 g/mol. The molecule has 2 rings (SSSR count). The maximum absolute atomic E-state index is 12.6. The summed E-state index contributed by atoms with van der Waals surface area (Å²) in [7, 11) is 3.47. The summed E-state index contributed by atoms with van der Waals surface area (Å²) in [4.78, 5) is 19.9. The zero-order valence-corrected chi connectivity index (χ0v) is 14.5. The number of para-hydroxylation sites is 1. The fraction of sp³-hybridized carbons (Fsp3) is 0.412. The van der Waals surface area contributed by atoms with Crippen molar-refractivity contribution in [2.24, 2.45) is 0 Å². The molecular formula is C17H22N2O2S. The van der Waals surface area contributed by atoms with Crippen molar-refractivity contribution < 1.29 is 9.53 Å². The highest BCUT2D eigenvalue weighted by Crippen LogP contribution is 2.29. The number of thiazole rings is 1. The predicted octanol–water partition coefficient (Wildman–Crippen LogP) is 3.53. The van der Waals surface area contributed by atoms with E-state index in [0.29, 0.717) is 6.42 Å². The van der Waals surface area contributed by atoms with Crippen molar-refractivity contribution in [1.82, 2.24) is 9.88 Å². The number of rotatable bonds is 5. The summed E-state index contributed by atoms with van der Waals surface area (Å²) in [5.41, 5.74) is 1.91. The Morgan fingerprint density at radius 1 is 1.36 bits per heavy atom. The summed E-state index contributed by atoms with van der Waals surface area (Å²) in [6, 6.07) is 7.65. The maximum atomic E-state index is 12.6. The SMILES string of the molecule is COc1ccccc1CC(=O)N(C)C(C)c1sc(C)nc1C. The second-order valence-corrected chi connectivity index (χ2v) is 6.59. The molecule has 2 aromatic rings. The minimum Gasteiger partial charge on any atom is -0.496 e. The summed E-state index contributed by atoms with van der Waals surface area (Å²) in [6.45, 7) is 6.03. The maximum Gasteiger partial charge on any atom is 0.227 e. The Morgan fingerprint density at radius 3 is 2.64 bits per heavy atom. The van der Waals surface area contributed by atoms with E-state index in [1.54, 1.807) is 23.3 Å². The Hall–Kier alpha value is -1.88. The minimum atomic E-state index is 0.0217. The van der Waals surface area contributed by atoms with Crippen LogP contribution >= 0.6 is 11.3 Å². The Balaban J connectivity index is 2.13. The Kier molecular flexibility index (Phi) is 5.19. The molecule has 5 heteroatoms. The van der Waals surface area contributed by atoms with Crippen molar-refractivity contribution in [3.8, 4) is 5.75 Å². The lowest BCUT2D eigenvalue weighted by Gasteiger charge is -2.25. The lowest BCUT2D eigenvalue weighted by molar-refractivity contribution is -0.131. The van der Waals surface area contributed by atoms with Crippen LogP contribution in [-0.4, -0.2) is 29.9 Å². The van der Waals surface area contributed by atoms with Crippen LogP contribution in [0.4, 0.5) is 0 Å². The molecule has 1 atom stereocenters. The summed E-state index contributed by atoms with van der Waals surface area (Å²) in [6.07, 6.45) is 0.335. The number of aryl methyl sites for hydroxylation is 2. The number of nitrogens with zero attached hydrogens (tertiary/aromatic N) is 2. The number of carbonyl (C=O) groups excluding carboxylic acids is 1. The van der Waals surface area contributed by atoms with E-state index in [2.05, 4.69) is 4.98 Å². The third-order valence-electron chi connectivity index (χ3n) is 3.83. The topological polar surface area (TPSA) is 42.4 Å². The molecule has 0 fully saturated rings. The number of hydrogen-bond donors (Lipinski definition) is 0. The normalized spacial score (nSPS) is 12.0. The summed E-state index contributed by atoms with van der Waals surface area (Å²) in [5, 5.41) is 1.03. The van der Waals surface area contributed by atoms with Gasteiger partial charge in [-0.3, -0.25) is 4.79 Å². The molecule has 0 radical (unpaired) electrons. The van der Waals surface area contributed by atoms with E-state index in [4.69, 9.17) is 4.74 Å². The van der Waals surface area contributed by atoms with Gasteiger partial charge in [0, 0.05) is 17.5 Å². The Morgan fingerprint density at radius 2 is 2.05 bits per heavy atom. The molecule has 118 valence electrons. The first-order valence-corrected chi connectivity index (χ1v) is 8.07. The quantitative estimate of drug-likeness (QED) is 0.847. The molecule has 1 heterocycles. The van der Waals surface area contributed by atoms with E-state index in [1.807, 2.05) is 52.1 Å². The molecule has 22 heavy (non-hydrogen) atoms. The second-order valence-electron chi connectivity index (χ2n) is 5.35. The van der Waals surface area contributed by atoms with Crippen molar-refractivity contribution in [2.75, 3.05) is 14.2 Å². The average molecular weight is 318 g/mol. The van der Waals surface area contributed by atoms with Gasteiger partial charge in [-0.25, -0.2) is 4.98 Å². The molecule has 1 aromatic carbocycles. The van der Waals surface area contributed by atoms with E-state index in [9.17, 15) is 4.79 Å². The van der Waals surface area contributed by atoms with E-state index in [1.165, 1.54) is 0 Å². The van der Waals surface area contributed by atoms with Crippen LogP contribution in [0.25, 0.3) is 0 Å². The molecule has 0 N–H and O–H groups in total. The predicted molar refractivity (Wildman–Crippen MR) is 89.5 cm³/mol. The van der Waals surface area contributed by atoms with Crippen molar-refractivity contribution in [3.05, 3.63) is 45.4 Å². The lowest BCUT2D eigenvalue weighted by atomic mass is 10.1. The van der Waals surface area contributed by atoms with Gasteiger partial charge in [0.05, 0.1) is 30.3 Å². The third-order valence-corrected chi connectivity index (χ3v) is 5.07. The van der Waals surface area contributed by atoms with Gasteiger partial charge in [-0.1, -0.05) is 18.2 Å². The van der Waals surface area contributed by atoms with Crippen LogP contribution in [0.2, 0.25) is 0 Å². The van der Waals surface area contributed by atoms with Crippen LogP contribution in [0.3, 0.4) is 0 Å². The van der Waals surface area contributed by atoms with Gasteiger partial charge in [0.2, 0.25) is 5.91 Å². The molecular weight excluding hydrogens is 296 g/mol. The van der Waals surface area contributed by atoms with Gasteiger partial charge >= 0.3 is 0 Å². The first-order chi connectivity index (χ1) is 10.4. The molecule has 0 aliphatic heterocycles. The average Bonchev–Trinajstić information content (AvgIpc) is 2.84. The van der Waals surface area contributed by atoms with Crippen molar-refractivity contribution in [1.29, 1.82) is 0 Å². The van der Waals surface area contributed by atoms with Crippen molar-refractivity contribution in [2.45, 2.75) is 33.2 Å². The first kappa shape index (κ1) is 16.5. The van der Waals surface area contributed by atoms with Gasteiger partial charge in [0.1, 0.15) is 5.75 Å². The Labute approximate surface area is 135 Å². The van der Waals surface area contributed by atoms with E-state index < -0.39 is 0 Å². The van der Waals surface area contributed by atoms with Gasteiger partial charge in [-0.05, 0) is 26.8 Å². The molecule has 1 aromatic heterocycles. The van der Waals surface area contributed by atoms with E-state index >= 15 is 0 Å². The van der Waals surface area contributed by atoms with Crippen molar-refractivity contribution in [3.63, 3.8) is 0 Å². The zero-order chi connectivity index (χ0) is 16.3. The number of methoxy groups -OCH3 is 1. The molecule has 0 saturated carbocycles. The van der Waals surface area contributed by atoms with Gasteiger partial charge in [-0.2, -0.15) is 0 Å². The number of ether oxygens (including phenoxy) is 1. The van der Waals surface area contributed by atoms with Gasteiger partial charge in [-0.15, -0.1) is 11.3 Å². The smallest absolute Gasteiger partial charge is 0.227 e. The lowest BCUT2D eigenvalue weighted by Crippen LogP contribution is -2.31. The fourth-order valence-corrected chi connectivity index (χ4v) is 3.49. The summed E-state index contributed by atoms with van der Waals surface area (Å²) >= 11 is 1.65. The Bertz CT molecular complexity index is 666. The summed E-state index contributed by atoms with van der Waals surface area (Å²) in [5.74, 6) is 0.823. The molecule has 1 unspecified atom stereocenters. The molecule has 0 bridgehead atoms. The summed E-state index contributed by atoms with van der Waals surface area (Å²) < 4.78 is 5.31. The van der Waals surface area contributed by atoms with E-state index in [0.717, 1.165) is 26.9 Å². The molecule has 0 aliphatic carbocycles. The van der Waals surface area contributed by atoms with E-state index in [-0.39, 0.29) is 11.9 Å². The minimum absolute atomic E-state index is 0.0217. The van der Waals surface area contributed by atoms with Crippen LogP contribution < -0.4 is 4.74 Å². The van der Waals surface area contributed by atoms with Crippen LogP contribution in [0.1, 0.15) is 34.1 Å². The highest BCUT2D eigenvalue weighted by Gasteiger charge is 2.22. The standard InChI is InChI=1S/C17H22N2O2S/c1-11-17(22-13(3)18-11)12(2)19(4)16(20)10-14-8-6-7-9-15(14)21-5/h6-9,12H,10H2,1-5H3. The van der Waals surface area contributed by atoms with Gasteiger partial charge in [0.25, 0.3) is 0 Å². The number of aromatic nitrogens is 1. The highest BCUT2D eigenvalue weighted by molar-refractivity contribution is 7.11. The second kappa shape index (κ2) is 6.92. The highest BCUT2D eigenvalue weighted by atomic mass is 32.1. The zero-order valence-electron chi connectivity index (χ0n) is 13.7. The number of carbonyl (C=O) groups is 1. The third kappa shape index (κ3) is 3.47. The molecule has 0 saturated heterocycles. The fourth-order valence-electron chi connectivity index (χ4n) is 2.46. The van der Waals surface area contributed by atoms with Gasteiger partial charge < -0.3 is 9.64 Å². The molecule has 1 amide bonds. The number of benzene rings is 1. The largest absolute Gasteiger partial charge is 0.496 e. The number of likely N-dealkylation sites (N-methyl/N-ethyl adjacent to an activating group) is 1. The van der Waals surface area contributed by atoms with Gasteiger partial charge in [0.15, 0.2) is 0 Å². The van der Waals surface area contributed by atoms with Crippen LogP contribution in [0, 0.1) is 13.8 Å². The molecule has 0 spiro atoms. The molecule has 0 aliphatic rings. The first-order valence-electron chi connectivity index (χ1n) is 7.25. The van der Waals surface area contributed by atoms with Crippen LogP contribution in [0.5, 0.6) is 5.75 Å². The number of amides is 1. The van der Waals surface area contributed by atoms with Crippen molar-refractivity contribution >= 4 is 17.2 Å².